The van der Waals surface area contributed by atoms with Crippen molar-refractivity contribution >= 4 is 17.0 Å². The Morgan fingerprint density at radius 3 is 2.82 bits per heavy atom. The number of pyridine rings is 1. The van der Waals surface area contributed by atoms with Crippen LogP contribution >= 0.6 is 0 Å². The lowest BCUT2D eigenvalue weighted by molar-refractivity contribution is -0.111. The largest absolute Gasteiger partial charge is 0.383 e. The summed E-state index contributed by atoms with van der Waals surface area (Å²) in [5.74, 6) is 0.0369. The van der Waals surface area contributed by atoms with Gasteiger partial charge in [-0.15, -0.1) is 0 Å². The van der Waals surface area contributed by atoms with Crippen LogP contribution in [-0.2, 0) is 4.79 Å². The number of nitrogens with zero attached hydrogens (tertiary/aromatic N) is 3. The van der Waals surface area contributed by atoms with Crippen molar-refractivity contribution in [2.45, 2.75) is 6.92 Å². The highest BCUT2D eigenvalue weighted by Crippen LogP contribution is 2.20. The van der Waals surface area contributed by atoms with Crippen LogP contribution in [0.3, 0.4) is 0 Å². The van der Waals surface area contributed by atoms with Crippen molar-refractivity contribution in [1.82, 2.24) is 14.3 Å². The molecule has 0 aliphatic carbocycles. The van der Waals surface area contributed by atoms with E-state index in [-0.39, 0.29) is 5.78 Å². The summed E-state index contributed by atoms with van der Waals surface area (Å²) in [5.41, 5.74) is 2.33. The second-order valence-electron chi connectivity index (χ2n) is 4.14. The molecule has 2 aromatic heterocycles. The molecule has 17 heavy (non-hydrogen) atoms. The van der Waals surface area contributed by atoms with Crippen molar-refractivity contribution in [2.75, 3.05) is 14.1 Å². The molecule has 0 amide bonds. The van der Waals surface area contributed by atoms with Gasteiger partial charge in [-0.25, -0.2) is 4.98 Å². The molecular formula is C13H15N3O. The fourth-order valence-corrected chi connectivity index (χ4v) is 1.77. The Morgan fingerprint density at radius 1 is 1.41 bits per heavy atom. The molecule has 0 saturated carbocycles. The van der Waals surface area contributed by atoms with Gasteiger partial charge in [-0.3, -0.25) is 4.79 Å². The van der Waals surface area contributed by atoms with E-state index in [1.54, 1.807) is 13.1 Å². The minimum absolute atomic E-state index is 0.0369. The standard InChI is InChI=1S/C13H15N3O/c1-10(17)12(9-15(2)3)11-5-4-7-16-8-6-14-13(11)16/h4-9H,1-3H3/b12-9+. The fraction of sp³-hybridized carbons (Fsp3) is 0.231. The molecule has 0 spiro atoms. The van der Waals surface area contributed by atoms with Crippen molar-refractivity contribution in [3.63, 3.8) is 0 Å². The molecule has 0 aromatic carbocycles. The fourth-order valence-electron chi connectivity index (χ4n) is 1.77. The highest BCUT2D eigenvalue weighted by atomic mass is 16.1. The Bertz CT molecular complexity index is 581. The average molecular weight is 229 g/mol. The third-order valence-corrected chi connectivity index (χ3v) is 2.48. The van der Waals surface area contributed by atoms with Crippen molar-refractivity contribution in [3.05, 3.63) is 42.5 Å². The SMILES string of the molecule is CC(=O)/C(=C\N(C)C)c1cccn2ccnc12. The Morgan fingerprint density at radius 2 is 2.18 bits per heavy atom. The van der Waals surface area contributed by atoms with Crippen LogP contribution < -0.4 is 0 Å². The third-order valence-electron chi connectivity index (χ3n) is 2.48. The molecular weight excluding hydrogens is 214 g/mol. The molecule has 0 fully saturated rings. The summed E-state index contributed by atoms with van der Waals surface area (Å²) in [6.07, 6.45) is 7.34. The number of carbonyl (C=O) groups is 1. The summed E-state index contributed by atoms with van der Waals surface area (Å²) in [4.78, 5) is 17.9. The summed E-state index contributed by atoms with van der Waals surface area (Å²) >= 11 is 0. The zero-order chi connectivity index (χ0) is 12.4. The molecule has 0 aliphatic heterocycles. The Hall–Kier alpha value is -2.10. The van der Waals surface area contributed by atoms with Gasteiger partial charge in [0.15, 0.2) is 5.78 Å². The molecule has 2 rings (SSSR count). The average Bonchev–Trinajstić information content (AvgIpc) is 2.73. The summed E-state index contributed by atoms with van der Waals surface area (Å²) in [6, 6.07) is 3.83. The van der Waals surface area contributed by atoms with Crippen LogP contribution in [-0.4, -0.2) is 34.2 Å². The van der Waals surface area contributed by atoms with Crippen LogP contribution in [0.15, 0.2) is 36.9 Å². The maximum Gasteiger partial charge on any atom is 0.162 e. The van der Waals surface area contributed by atoms with E-state index in [0.717, 1.165) is 11.2 Å². The molecule has 2 heterocycles. The highest BCUT2D eigenvalue weighted by molar-refractivity contribution is 6.21. The van der Waals surface area contributed by atoms with E-state index in [0.29, 0.717) is 5.57 Å². The second kappa shape index (κ2) is 4.41. The topological polar surface area (TPSA) is 37.6 Å². The number of aromatic nitrogens is 2. The molecule has 4 heteroatoms. The van der Waals surface area contributed by atoms with Gasteiger partial charge in [-0.05, 0) is 19.1 Å². The zero-order valence-corrected chi connectivity index (χ0v) is 10.2. The first-order valence-electron chi connectivity index (χ1n) is 5.41. The lowest BCUT2D eigenvalue weighted by atomic mass is 10.1. The zero-order valence-electron chi connectivity index (χ0n) is 10.2. The molecule has 0 radical (unpaired) electrons. The van der Waals surface area contributed by atoms with Crippen LogP contribution in [0.5, 0.6) is 0 Å². The van der Waals surface area contributed by atoms with E-state index in [2.05, 4.69) is 4.98 Å². The van der Waals surface area contributed by atoms with Gasteiger partial charge in [0, 0.05) is 50.0 Å². The van der Waals surface area contributed by atoms with Crippen molar-refractivity contribution in [1.29, 1.82) is 0 Å². The van der Waals surface area contributed by atoms with Crippen LogP contribution in [0.4, 0.5) is 0 Å². The molecule has 4 nitrogen and oxygen atoms in total. The van der Waals surface area contributed by atoms with Gasteiger partial charge in [-0.1, -0.05) is 0 Å². The number of Topliss-reactive ketones (excluding diaryl/α,β-unsaturated/α-hetero) is 1. The molecule has 0 unspecified atom stereocenters. The lowest BCUT2D eigenvalue weighted by Gasteiger charge is -2.10. The molecule has 0 aliphatic rings. The van der Waals surface area contributed by atoms with Crippen molar-refractivity contribution in [2.24, 2.45) is 0 Å². The van der Waals surface area contributed by atoms with Gasteiger partial charge in [0.25, 0.3) is 0 Å². The van der Waals surface area contributed by atoms with Gasteiger partial charge in [0.1, 0.15) is 5.65 Å². The first-order chi connectivity index (χ1) is 8.09. The van der Waals surface area contributed by atoms with E-state index in [1.165, 1.54) is 0 Å². The van der Waals surface area contributed by atoms with Gasteiger partial charge in [0.05, 0.1) is 0 Å². The normalized spacial score (nSPS) is 11.8. The van der Waals surface area contributed by atoms with Crippen molar-refractivity contribution < 1.29 is 4.79 Å². The Balaban J connectivity index is 2.64. The maximum absolute atomic E-state index is 11.7. The Labute approximate surface area is 100 Å². The van der Waals surface area contributed by atoms with Crippen molar-refractivity contribution in [3.8, 4) is 0 Å². The Kier molecular flexibility index (Phi) is 2.95. The van der Waals surface area contributed by atoms with Crippen LogP contribution in [0.2, 0.25) is 0 Å². The number of allylic oxidation sites excluding steroid dienone is 1. The van der Waals surface area contributed by atoms with E-state index in [4.69, 9.17) is 0 Å². The molecule has 0 atom stereocenters. The first-order valence-corrected chi connectivity index (χ1v) is 5.41. The van der Waals surface area contributed by atoms with Gasteiger partial charge >= 0.3 is 0 Å². The van der Waals surface area contributed by atoms with E-state index >= 15 is 0 Å². The van der Waals surface area contributed by atoms with Gasteiger partial charge in [0.2, 0.25) is 0 Å². The molecule has 0 N–H and O–H groups in total. The number of rotatable bonds is 3. The molecule has 88 valence electrons. The predicted octanol–water partition coefficient (Wildman–Crippen LogP) is 1.83. The number of hydrogen-bond acceptors (Lipinski definition) is 3. The van der Waals surface area contributed by atoms with Crippen LogP contribution in [0.1, 0.15) is 12.5 Å². The van der Waals surface area contributed by atoms with Crippen LogP contribution in [0.25, 0.3) is 11.2 Å². The lowest BCUT2D eigenvalue weighted by Crippen LogP contribution is -2.07. The number of imidazole rings is 1. The van der Waals surface area contributed by atoms with Gasteiger partial charge < -0.3 is 9.30 Å². The summed E-state index contributed by atoms with van der Waals surface area (Å²) < 4.78 is 1.90. The van der Waals surface area contributed by atoms with E-state index < -0.39 is 0 Å². The van der Waals surface area contributed by atoms with Gasteiger partial charge in [-0.2, -0.15) is 0 Å². The number of hydrogen-bond donors (Lipinski definition) is 0. The number of fused-ring (bicyclic) bond motifs is 1. The summed E-state index contributed by atoms with van der Waals surface area (Å²) in [6.45, 7) is 1.57. The van der Waals surface area contributed by atoms with Crippen LogP contribution in [0, 0.1) is 0 Å². The number of carbonyl (C=O) groups excluding carboxylic acids is 1. The second-order valence-corrected chi connectivity index (χ2v) is 4.14. The van der Waals surface area contributed by atoms with E-state index in [1.807, 2.05) is 54.1 Å². The predicted molar refractivity (Wildman–Crippen MR) is 67.5 cm³/mol. The quantitative estimate of drug-likeness (QED) is 0.753. The first kappa shape index (κ1) is 11.4. The highest BCUT2D eigenvalue weighted by Gasteiger charge is 2.12. The summed E-state index contributed by atoms with van der Waals surface area (Å²) in [5, 5.41) is 0. The minimum Gasteiger partial charge on any atom is -0.383 e. The smallest absolute Gasteiger partial charge is 0.162 e. The third kappa shape index (κ3) is 2.20. The molecule has 0 bridgehead atoms. The number of ketones is 1. The molecule has 0 saturated heterocycles. The van der Waals surface area contributed by atoms with E-state index in [9.17, 15) is 4.79 Å². The summed E-state index contributed by atoms with van der Waals surface area (Å²) in [7, 11) is 3.79. The maximum atomic E-state index is 11.7. The monoisotopic (exact) mass is 229 g/mol. The minimum atomic E-state index is 0.0369. The molecule has 2 aromatic rings.